The second kappa shape index (κ2) is 8.67. The Hall–Kier alpha value is -1.34. The Labute approximate surface area is 149 Å². The molecule has 0 radical (unpaired) electrons. The standard InChI is InChI=1S/C16H28N4O3.ClH/c1-11(2)9-12(10-17)18-13(21)5-8-20-14(22)16(19-15(20)23)6-3-4-7-16;/h11-12H,3-10,17H2,1-2H3,(H,18,21)(H,19,23);1H. The summed E-state index contributed by atoms with van der Waals surface area (Å²) >= 11 is 0. The van der Waals surface area contributed by atoms with Crippen molar-refractivity contribution in [3.05, 3.63) is 0 Å². The van der Waals surface area contributed by atoms with Gasteiger partial charge in [0.2, 0.25) is 5.91 Å². The van der Waals surface area contributed by atoms with Crippen LogP contribution in [0, 0.1) is 5.92 Å². The Morgan fingerprint density at radius 1 is 1.33 bits per heavy atom. The van der Waals surface area contributed by atoms with Gasteiger partial charge in [0.1, 0.15) is 5.54 Å². The Balaban J connectivity index is 0.00000288. The molecular weight excluding hydrogens is 332 g/mol. The van der Waals surface area contributed by atoms with E-state index in [1.165, 1.54) is 4.90 Å². The molecule has 1 saturated carbocycles. The molecule has 138 valence electrons. The topological polar surface area (TPSA) is 105 Å². The minimum atomic E-state index is -0.703. The number of imide groups is 1. The van der Waals surface area contributed by atoms with Gasteiger partial charge >= 0.3 is 6.03 Å². The summed E-state index contributed by atoms with van der Waals surface area (Å²) in [4.78, 5) is 37.7. The Morgan fingerprint density at radius 3 is 2.50 bits per heavy atom. The SMILES string of the molecule is CC(C)CC(CN)NC(=O)CCN1C(=O)NC2(CCCC2)C1=O.Cl. The number of halogens is 1. The van der Waals surface area contributed by atoms with Gasteiger partial charge in [-0.1, -0.05) is 26.7 Å². The van der Waals surface area contributed by atoms with Crippen molar-refractivity contribution >= 4 is 30.3 Å². The molecule has 4 amide bonds. The molecule has 4 N–H and O–H groups in total. The summed E-state index contributed by atoms with van der Waals surface area (Å²) in [5, 5.41) is 5.70. The molecule has 1 aliphatic heterocycles. The zero-order valence-electron chi connectivity index (χ0n) is 14.5. The van der Waals surface area contributed by atoms with E-state index in [1.807, 2.05) is 0 Å². The maximum atomic E-state index is 12.5. The molecule has 1 spiro atoms. The largest absolute Gasteiger partial charge is 0.352 e. The third-order valence-electron chi connectivity index (χ3n) is 4.67. The maximum Gasteiger partial charge on any atom is 0.325 e. The van der Waals surface area contributed by atoms with Gasteiger partial charge in [-0.05, 0) is 25.2 Å². The first-order chi connectivity index (χ1) is 10.9. The van der Waals surface area contributed by atoms with Gasteiger partial charge in [0.25, 0.3) is 5.91 Å². The number of amides is 4. The van der Waals surface area contributed by atoms with Gasteiger partial charge in [-0.15, -0.1) is 12.4 Å². The maximum absolute atomic E-state index is 12.5. The number of rotatable bonds is 7. The van der Waals surface area contributed by atoms with Crippen LogP contribution in [0.4, 0.5) is 4.79 Å². The number of hydrogen-bond acceptors (Lipinski definition) is 4. The van der Waals surface area contributed by atoms with Crippen LogP contribution in [-0.2, 0) is 9.59 Å². The summed E-state index contributed by atoms with van der Waals surface area (Å²) in [7, 11) is 0. The molecular formula is C16H29ClN4O3. The molecule has 1 aliphatic carbocycles. The summed E-state index contributed by atoms with van der Waals surface area (Å²) in [6, 6.07) is -0.436. The fourth-order valence-corrected chi connectivity index (χ4v) is 3.49. The van der Waals surface area contributed by atoms with E-state index in [1.54, 1.807) is 0 Å². The van der Waals surface area contributed by atoms with Crippen LogP contribution in [0.3, 0.4) is 0 Å². The highest BCUT2D eigenvalue weighted by Crippen LogP contribution is 2.34. The molecule has 0 bridgehead atoms. The number of nitrogens with zero attached hydrogens (tertiary/aromatic N) is 1. The van der Waals surface area contributed by atoms with E-state index in [-0.39, 0.29) is 49.3 Å². The van der Waals surface area contributed by atoms with E-state index in [4.69, 9.17) is 5.73 Å². The molecule has 24 heavy (non-hydrogen) atoms. The number of hydrogen-bond donors (Lipinski definition) is 3. The normalized spacial score (nSPS) is 20.2. The lowest BCUT2D eigenvalue weighted by Gasteiger charge is -2.21. The van der Waals surface area contributed by atoms with E-state index in [9.17, 15) is 14.4 Å². The van der Waals surface area contributed by atoms with Gasteiger partial charge in [-0.25, -0.2) is 4.79 Å². The van der Waals surface area contributed by atoms with Crippen molar-refractivity contribution in [3.8, 4) is 0 Å². The van der Waals surface area contributed by atoms with Crippen LogP contribution in [-0.4, -0.2) is 47.4 Å². The van der Waals surface area contributed by atoms with Crippen molar-refractivity contribution in [1.82, 2.24) is 15.5 Å². The zero-order valence-corrected chi connectivity index (χ0v) is 15.3. The predicted molar refractivity (Wildman–Crippen MR) is 93.7 cm³/mol. The number of nitrogens with two attached hydrogens (primary N) is 1. The highest BCUT2D eigenvalue weighted by molar-refractivity contribution is 6.07. The molecule has 1 saturated heterocycles. The number of carbonyl (C=O) groups is 3. The minimum absolute atomic E-state index is 0. The summed E-state index contributed by atoms with van der Waals surface area (Å²) in [5.74, 6) is 0.0939. The van der Waals surface area contributed by atoms with Gasteiger partial charge in [0, 0.05) is 25.6 Å². The second-order valence-electron chi connectivity index (χ2n) is 7.06. The van der Waals surface area contributed by atoms with Crippen molar-refractivity contribution in [2.75, 3.05) is 13.1 Å². The van der Waals surface area contributed by atoms with Gasteiger partial charge in [0.15, 0.2) is 0 Å². The van der Waals surface area contributed by atoms with Crippen LogP contribution in [0.1, 0.15) is 52.4 Å². The quantitative estimate of drug-likeness (QED) is 0.592. The highest BCUT2D eigenvalue weighted by atomic mass is 35.5. The first kappa shape index (κ1) is 20.7. The first-order valence-electron chi connectivity index (χ1n) is 8.51. The highest BCUT2D eigenvalue weighted by Gasteiger charge is 2.52. The van der Waals surface area contributed by atoms with Gasteiger partial charge in [-0.2, -0.15) is 0 Å². The molecule has 1 atom stereocenters. The van der Waals surface area contributed by atoms with Crippen molar-refractivity contribution < 1.29 is 14.4 Å². The van der Waals surface area contributed by atoms with E-state index in [2.05, 4.69) is 24.5 Å². The smallest absolute Gasteiger partial charge is 0.325 e. The molecule has 8 heteroatoms. The van der Waals surface area contributed by atoms with Crippen LogP contribution >= 0.6 is 12.4 Å². The lowest BCUT2D eigenvalue weighted by Crippen LogP contribution is -2.45. The van der Waals surface area contributed by atoms with Gasteiger partial charge in [0.05, 0.1) is 0 Å². The Morgan fingerprint density at radius 2 is 1.96 bits per heavy atom. The summed E-state index contributed by atoms with van der Waals surface area (Å²) < 4.78 is 0. The summed E-state index contributed by atoms with van der Waals surface area (Å²) in [5.41, 5.74) is 4.96. The average molecular weight is 361 g/mol. The molecule has 7 nitrogen and oxygen atoms in total. The number of urea groups is 1. The van der Waals surface area contributed by atoms with E-state index < -0.39 is 5.54 Å². The average Bonchev–Trinajstić information content (AvgIpc) is 3.03. The van der Waals surface area contributed by atoms with E-state index in [0.29, 0.717) is 25.3 Å². The second-order valence-corrected chi connectivity index (χ2v) is 7.06. The van der Waals surface area contributed by atoms with Crippen molar-refractivity contribution in [1.29, 1.82) is 0 Å². The molecule has 2 fully saturated rings. The predicted octanol–water partition coefficient (Wildman–Crippen LogP) is 1.15. The third kappa shape index (κ3) is 4.60. The first-order valence-corrected chi connectivity index (χ1v) is 8.51. The minimum Gasteiger partial charge on any atom is -0.352 e. The molecule has 0 aromatic rings. The molecule has 1 unspecified atom stereocenters. The number of nitrogens with one attached hydrogen (secondary N) is 2. The molecule has 0 aromatic heterocycles. The lowest BCUT2D eigenvalue weighted by molar-refractivity contribution is -0.131. The Kier molecular flexibility index (Phi) is 7.48. The zero-order chi connectivity index (χ0) is 17.0. The lowest BCUT2D eigenvalue weighted by atomic mass is 9.98. The summed E-state index contributed by atoms with van der Waals surface area (Å²) in [6.07, 6.45) is 4.23. The van der Waals surface area contributed by atoms with Crippen LogP contribution in [0.25, 0.3) is 0 Å². The van der Waals surface area contributed by atoms with Crippen molar-refractivity contribution in [2.24, 2.45) is 11.7 Å². The van der Waals surface area contributed by atoms with E-state index in [0.717, 1.165) is 19.3 Å². The fourth-order valence-electron chi connectivity index (χ4n) is 3.49. The van der Waals surface area contributed by atoms with Gasteiger partial charge < -0.3 is 16.4 Å². The van der Waals surface area contributed by atoms with Crippen LogP contribution in [0.2, 0.25) is 0 Å². The van der Waals surface area contributed by atoms with Crippen molar-refractivity contribution in [2.45, 2.75) is 64.0 Å². The van der Waals surface area contributed by atoms with Gasteiger partial charge in [-0.3, -0.25) is 14.5 Å². The van der Waals surface area contributed by atoms with E-state index >= 15 is 0 Å². The van der Waals surface area contributed by atoms with Crippen LogP contribution in [0.5, 0.6) is 0 Å². The third-order valence-corrected chi connectivity index (χ3v) is 4.67. The number of carbonyl (C=O) groups excluding carboxylic acids is 3. The molecule has 2 rings (SSSR count). The molecule has 1 heterocycles. The fraction of sp³-hybridized carbons (Fsp3) is 0.812. The van der Waals surface area contributed by atoms with Crippen molar-refractivity contribution in [3.63, 3.8) is 0 Å². The van der Waals surface area contributed by atoms with Crippen LogP contribution < -0.4 is 16.4 Å². The van der Waals surface area contributed by atoms with Crippen LogP contribution in [0.15, 0.2) is 0 Å². The summed E-state index contributed by atoms with van der Waals surface area (Å²) in [6.45, 7) is 4.65. The monoisotopic (exact) mass is 360 g/mol. The molecule has 2 aliphatic rings. The molecule has 0 aromatic carbocycles. The Bertz CT molecular complexity index is 478.